The number of hydrogen-bond donors (Lipinski definition) is 3. The molecule has 0 unspecified atom stereocenters. The molecule has 2 nitrogen and oxygen atoms in total. The first-order valence-electron chi connectivity index (χ1n) is 2.36. The van der Waals surface area contributed by atoms with Gasteiger partial charge >= 0.3 is 0 Å². The summed E-state index contributed by atoms with van der Waals surface area (Å²) < 4.78 is 2.63. The lowest BCUT2D eigenvalue weighted by atomic mass is 10.3. The van der Waals surface area contributed by atoms with Gasteiger partial charge in [-0.1, -0.05) is 12.8 Å². The Morgan fingerprint density at radius 2 is 2.25 bits per heavy atom. The second kappa shape index (κ2) is 5.47. The zero-order valence-electron chi connectivity index (χ0n) is 4.42. The summed E-state index contributed by atoms with van der Waals surface area (Å²) in [5.74, 6) is 0. The highest BCUT2D eigenvalue weighted by Gasteiger charge is 1.90. The van der Waals surface area contributed by atoms with E-state index in [0.717, 1.165) is 13.0 Å². The molecule has 0 aromatic heterocycles. The second-order valence-electron chi connectivity index (χ2n) is 1.41. The first-order valence-corrected chi connectivity index (χ1v) is 3.25. The van der Waals surface area contributed by atoms with Gasteiger partial charge in [-0.05, 0) is 6.42 Å². The Kier molecular flexibility index (Phi) is 5.69. The van der Waals surface area contributed by atoms with Crippen LogP contribution in [0.25, 0.3) is 0 Å². The van der Waals surface area contributed by atoms with Crippen molar-refractivity contribution in [2.45, 2.75) is 12.8 Å². The van der Waals surface area contributed by atoms with Crippen LogP contribution in [0.5, 0.6) is 0 Å². The number of carbonyl (C=O) groups excluding carboxylic acids is 1. The van der Waals surface area contributed by atoms with E-state index in [-0.39, 0.29) is 5.12 Å². The predicted molar refractivity (Wildman–Crippen MR) is 40.2 cm³/mol. The highest BCUT2D eigenvalue weighted by molar-refractivity contribution is 7.96. The van der Waals surface area contributed by atoms with Gasteiger partial charge in [0.05, 0.1) is 0 Å². The summed E-state index contributed by atoms with van der Waals surface area (Å²) in [6, 6.07) is 0. The smallest absolute Gasteiger partial charge is 0.185 e. The maximum absolute atomic E-state index is 10.1. The van der Waals surface area contributed by atoms with Gasteiger partial charge in [-0.25, -0.2) is 0 Å². The molecule has 0 rings (SSSR count). The van der Waals surface area contributed by atoms with Gasteiger partial charge in [0.2, 0.25) is 0 Å². The van der Waals surface area contributed by atoms with Crippen LogP contribution in [0.1, 0.15) is 12.8 Å². The largest absolute Gasteiger partial charge is 0.288 e. The molecule has 0 amide bonds. The van der Waals surface area contributed by atoms with E-state index >= 15 is 0 Å². The number of rotatable bonds is 4. The Bertz CT molecular complexity index is 76.4. The van der Waals surface area contributed by atoms with Crippen molar-refractivity contribution in [3.63, 3.8) is 0 Å². The third kappa shape index (κ3) is 6.33. The second-order valence-corrected chi connectivity index (χ2v) is 2.22. The Morgan fingerprint density at radius 1 is 1.62 bits per heavy atom. The summed E-state index contributed by atoms with van der Waals surface area (Å²) in [7, 11) is 0. The highest BCUT2D eigenvalue weighted by atomic mass is 32.1. The number of nitrogens with one attached hydrogen (secondary N) is 1. The van der Waals surface area contributed by atoms with E-state index in [2.05, 4.69) is 30.2 Å². The Labute approximate surface area is 60.0 Å². The van der Waals surface area contributed by atoms with Gasteiger partial charge in [-0.2, -0.15) is 0 Å². The fraction of sp³-hybridized carbons (Fsp3) is 0.750. The van der Waals surface area contributed by atoms with Crippen molar-refractivity contribution in [2.75, 3.05) is 6.54 Å². The van der Waals surface area contributed by atoms with Crippen LogP contribution in [0.3, 0.4) is 0 Å². The van der Waals surface area contributed by atoms with E-state index in [4.69, 9.17) is 0 Å². The van der Waals surface area contributed by atoms with E-state index in [1.165, 1.54) is 0 Å². The molecule has 0 spiro atoms. The molecule has 0 heterocycles. The quantitative estimate of drug-likeness (QED) is 0.407. The van der Waals surface area contributed by atoms with Gasteiger partial charge in [0, 0.05) is 13.0 Å². The van der Waals surface area contributed by atoms with Crippen LogP contribution in [0.2, 0.25) is 0 Å². The van der Waals surface area contributed by atoms with Gasteiger partial charge in [0.25, 0.3) is 0 Å². The van der Waals surface area contributed by atoms with Crippen LogP contribution in [-0.2, 0) is 4.79 Å². The zero-order chi connectivity index (χ0) is 6.41. The van der Waals surface area contributed by atoms with Crippen LogP contribution in [0, 0.1) is 0 Å². The molecule has 8 heavy (non-hydrogen) atoms. The van der Waals surface area contributed by atoms with E-state index in [1.807, 2.05) is 0 Å². The van der Waals surface area contributed by atoms with E-state index < -0.39 is 0 Å². The highest BCUT2D eigenvalue weighted by Crippen LogP contribution is 1.91. The van der Waals surface area contributed by atoms with Gasteiger partial charge in [-0.15, -0.1) is 12.6 Å². The molecular formula is C4H9NOS2. The molecule has 0 saturated heterocycles. The molecule has 0 fully saturated rings. The fourth-order valence-corrected chi connectivity index (χ4v) is 0.635. The van der Waals surface area contributed by atoms with Crippen molar-refractivity contribution in [1.82, 2.24) is 4.72 Å². The normalized spacial score (nSPS) is 9.25. The first kappa shape index (κ1) is 8.33. The maximum Gasteiger partial charge on any atom is 0.185 e. The van der Waals surface area contributed by atoms with Crippen LogP contribution >= 0.6 is 25.4 Å². The van der Waals surface area contributed by atoms with E-state index in [1.54, 1.807) is 0 Å². The number of thiol groups is 2. The Morgan fingerprint density at radius 3 is 2.62 bits per heavy atom. The molecule has 0 aliphatic carbocycles. The third-order valence-electron chi connectivity index (χ3n) is 0.679. The molecule has 0 saturated carbocycles. The van der Waals surface area contributed by atoms with Crippen LogP contribution < -0.4 is 4.72 Å². The minimum Gasteiger partial charge on any atom is -0.288 e. The summed E-state index contributed by atoms with van der Waals surface area (Å²) >= 11 is 7.32. The summed E-state index contributed by atoms with van der Waals surface area (Å²) in [5, 5.41) is -0.0615. The van der Waals surface area contributed by atoms with Crippen LogP contribution in [0.4, 0.5) is 0 Å². The molecule has 0 aromatic carbocycles. The molecule has 4 heteroatoms. The van der Waals surface area contributed by atoms with Crippen molar-refractivity contribution in [3.8, 4) is 0 Å². The topological polar surface area (TPSA) is 29.1 Å². The van der Waals surface area contributed by atoms with Gasteiger partial charge in [0.15, 0.2) is 5.12 Å². The van der Waals surface area contributed by atoms with Crippen LogP contribution in [-0.4, -0.2) is 11.7 Å². The molecule has 0 bridgehead atoms. The zero-order valence-corrected chi connectivity index (χ0v) is 6.21. The summed E-state index contributed by atoms with van der Waals surface area (Å²) in [5.41, 5.74) is 0. The molecule has 0 aliphatic heterocycles. The van der Waals surface area contributed by atoms with E-state index in [0.29, 0.717) is 6.42 Å². The van der Waals surface area contributed by atoms with Crippen molar-refractivity contribution >= 4 is 30.6 Å². The standard InChI is InChI=1S/C4H9NOS2/c6-4(7)2-1-3-5-8/h5,8H,1-3H2,(H,6,7). The molecule has 1 N–H and O–H groups in total. The number of carbonyl (C=O) groups is 1. The lowest BCUT2D eigenvalue weighted by molar-refractivity contribution is -0.110. The van der Waals surface area contributed by atoms with Crippen molar-refractivity contribution < 1.29 is 4.79 Å². The number of hydrogen-bond acceptors (Lipinski definition) is 3. The van der Waals surface area contributed by atoms with Gasteiger partial charge in [-0.3, -0.25) is 9.52 Å². The molecule has 0 aliphatic rings. The van der Waals surface area contributed by atoms with Crippen LogP contribution in [0.15, 0.2) is 0 Å². The lowest BCUT2D eigenvalue weighted by Crippen LogP contribution is -2.01. The third-order valence-corrected chi connectivity index (χ3v) is 1.13. The molecule has 0 aromatic rings. The summed E-state index contributed by atoms with van der Waals surface area (Å²) in [6.45, 7) is 0.759. The first-order chi connectivity index (χ1) is 3.77. The molecule has 0 radical (unpaired) electrons. The van der Waals surface area contributed by atoms with Crippen molar-refractivity contribution in [1.29, 1.82) is 0 Å². The SMILES string of the molecule is O=C(S)CCCNS. The molecule has 0 atom stereocenters. The monoisotopic (exact) mass is 151 g/mol. The predicted octanol–water partition coefficient (Wildman–Crippen LogP) is 0.657. The summed E-state index contributed by atoms with van der Waals surface area (Å²) in [6.07, 6.45) is 1.34. The Hall–Kier alpha value is 0.330. The van der Waals surface area contributed by atoms with Crippen molar-refractivity contribution in [3.05, 3.63) is 0 Å². The molecular weight excluding hydrogens is 142 g/mol. The van der Waals surface area contributed by atoms with Gasteiger partial charge < -0.3 is 0 Å². The molecule has 48 valence electrons. The van der Waals surface area contributed by atoms with Crippen molar-refractivity contribution in [2.24, 2.45) is 0 Å². The van der Waals surface area contributed by atoms with E-state index in [9.17, 15) is 4.79 Å². The Balaban J connectivity index is 2.82. The fourth-order valence-electron chi connectivity index (χ4n) is 0.319. The summed E-state index contributed by atoms with van der Waals surface area (Å²) in [4.78, 5) is 10.1. The van der Waals surface area contributed by atoms with Gasteiger partial charge in [0.1, 0.15) is 0 Å². The average molecular weight is 151 g/mol. The lowest BCUT2D eigenvalue weighted by Gasteiger charge is -1.91. The minimum absolute atomic E-state index is 0.0615. The minimum atomic E-state index is -0.0615. The maximum atomic E-state index is 10.1. The average Bonchev–Trinajstić information content (AvgIpc) is 1.66.